The van der Waals surface area contributed by atoms with Gasteiger partial charge < -0.3 is 0 Å². The molecule has 0 fully saturated rings. The highest BCUT2D eigenvalue weighted by atomic mass is 32.1. The Hall–Kier alpha value is -1.68. The van der Waals surface area contributed by atoms with Gasteiger partial charge in [-0.1, -0.05) is 41.7 Å². The number of fused-ring (bicyclic) bond motifs is 1. The summed E-state index contributed by atoms with van der Waals surface area (Å²) in [7, 11) is 0. The molecule has 0 unspecified atom stereocenters. The number of hydrogen-bond acceptors (Lipinski definition) is 3. The summed E-state index contributed by atoms with van der Waals surface area (Å²) in [5.74, 6) is 0. The number of hydrogen-bond donors (Lipinski definition) is 0. The molecular weight excluding hydrogens is 218 g/mol. The number of rotatable bonds is 1. The van der Waals surface area contributed by atoms with Crippen LogP contribution in [0.3, 0.4) is 0 Å². The van der Waals surface area contributed by atoms with E-state index < -0.39 is 0 Å². The van der Waals surface area contributed by atoms with Gasteiger partial charge in [0.05, 0.1) is 11.4 Å². The molecule has 16 heavy (non-hydrogen) atoms. The zero-order chi connectivity index (χ0) is 11.1. The monoisotopic (exact) mass is 229 g/mol. The first kappa shape index (κ1) is 9.54. The molecule has 0 atom stereocenters. The van der Waals surface area contributed by atoms with Crippen LogP contribution in [0.1, 0.15) is 10.7 Å². The Balaban J connectivity index is 2.33. The highest BCUT2D eigenvalue weighted by Gasteiger charge is 2.13. The Labute approximate surface area is 97.4 Å². The molecule has 0 amide bonds. The van der Waals surface area contributed by atoms with Crippen molar-refractivity contribution in [3.05, 3.63) is 41.0 Å². The Morgan fingerprint density at radius 3 is 2.62 bits per heavy atom. The van der Waals surface area contributed by atoms with Crippen molar-refractivity contribution in [3.63, 3.8) is 0 Å². The molecule has 0 bridgehead atoms. The fraction of sp³-hybridized carbons (Fsp3) is 0.167. The van der Waals surface area contributed by atoms with E-state index in [1.165, 1.54) is 0 Å². The molecule has 0 radical (unpaired) electrons. The lowest BCUT2D eigenvalue weighted by molar-refractivity contribution is 0.951. The van der Waals surface area contributed by atoms with E-state index in [1.807, 2.05) is 36.6 Å². The molecule has 0 saturated heterocycles. The van der Waals surface area contributed by atoms with Gasteiger partial charge in [0.15, 0.2) is 0 Å². The van der Waals surface area contributed by atoms with Crippen LogP contribution >= 0.6 is 11.3 Å². The van der Waals surface area contributed by atoms with Gasteiger partial charge in [-0.05, 0) is 13.8 Å². The van der Waals surface area contributed by atoms with Crippen LogP contribution in [-0.2, 0) is 0 Å². The third-order valence-corrected chi connectivity index (χ3v) is 3.35. The topological polar surface area (TPSA) is 30.2 Å². The predicted octanol–water partition coefficient (Wildman–Crippen LogP) is 3.07. The summed E-state index contributed by atoms with van der Waals surface area (Å²) in [5, 5.41) is 5.52. The molecule has 2 heterocycles. The third kappa shape index (κ3) is 1.34. The average Bonchev–Trinajstić information content (AvgIpc) is 2.74. The van der Waals surface area contributed by atoms with E-state index in [-0.39, 0.29) is 0 Å². The molecule has 80 valence electrons. The summed E-state index contributed by atoms with van der Waals surface area (Å²) >= 11 is 1.62. The van der Waals surface area contributed by atoms with Crippen molar-refractivity contribution in [3.8, 4) is 11.3 Å². The Bertz CT molecular complexity index is 637. The van der Waals surface area contributed by atoms with E-state index in [9.17, 15) is 0 Å². The first-order valence-electron chi connectivity index (χ1n) is 5.14. The second-order valence-electron chi connectivity index (χ2n) is 3.73. The lowest BCUT2D eigenvalue weighted by Crippen LogP contribution is -1.90. The SMILES string of the molecule is Cc1nn2c(-c3ccccc3)c(C)nc2s1. The molecule has 0 aliphatic heterocycles. The summed E-state index contributed by atoms with van der Waals surface area (Å²) in [6.07, 6.45) is 0. The van der Waals surface area contributed by atoms with Crippen LogP contribution in [0.2, 0.25) is 0 Å². The zero-order valence-corrected chi connectivity index (χ0v) is 9.95. The molecule has 0 saturated carbocycles. The van der Waals surface area contributed by atoms with Gasteiger partial charge in [0.2, 0.25) is 4.96 Å². The molecule has 0 aliphatic carbocycles. The van der Waals surface area contributed by atoms with Crippen molar-refractivity contribution in [2.75, 3.05) is 0 Å². The van der Waals surface area contributed by atoms with E-state index in [0.29, 0.717) is 0 Å². The summed E-state index contributed by atoms with van der Waals surface area (Å²) in [6, 6.07) is 10.3. The van der Waals surface area contributed by atoms with Gasteiger partial charge in [-0.2, -0.15) is 5.10 Å². The maximum Gasteiger partial charge on any atom is 0.212 e. The van der Waals surface area contributed by atoms with Crippen molar-refractivity contribution in [2.24, 2.45) is 0 Å². The molecule has 3 aromatic rings. The molecular formula is C12H11N3S. The second kappa shape index (κ2) is 3.42. The summed E-state index contributed by atoms with van der Waals surface area (Å²) in [4.78, 5) is 5.50. The number of benzene rings is 1. The largest absolute Gasteiger partial charge is 0.222 e. The van der Waals surface area contributed by atoms with Gasteiger partial charge in [0.1, 0.15) is 5.01 Å². The van der Waals surface area contributed by atoms with Crippen LogP contribution in [0.5, 0.6) is 0 Å². The lowest BCUT2D eigenvalue weighted by Gasteiger charge is -1.99. The summed E-state index contributed by atoms with van der Waals surface area (Å²) < 4.78 is 1.94. The predicted molar refractivity (Wildman–Crippen MR) is 65.8 cm³/mol. The number of aryl methyl sites for hydroxylation is 2. The van der Waals surface area contributed by atoms with Crippen molar-refractivity contribution >= 4 is 16.3 Å². The van der Waals surface area contributed by atoms with Crippen molar-refractivity contribution < 1.29 is 0 Å². The van der Waals surface area contributed by atoms with Crippen LogP contribution in [0.15, 0.2) is 30.3 Å². The normalized spacial score (nSPS) is 11.1. The highest BCUT2D eigenvalue weighted by Crippen LogP contribution is 2.26. The van der Waals surface area contributed by atoms with Crippen LogP contribution in [0.25, 0.3) is 16.2 Å². The molecule has 0 aliphatic rings. The molecule has 3 rings (SSSR count). The first-order valence-corrected chi connectivity index (χ1v) is 5.95. The van der Waals surface area contributed by atoms with Gasteiger partial charge in [-0.25, -0.2) is 9.50 Å². The zero-order valence-electron chi connectivity index (χ0n) is 9.14. The Morgan fingerprint density at radius 2 is 1.88 bits per heavy atom. The van der Waals surface area contributed by atoms with Crippen LogP contribution < -0.4 is 0 Å². The number of nitrogens with zero attached hydrogens (tertiary/aromatic N) is 3. The van der Waals surface area contributed by atoms with E-state index in [2.05, 4.69) is 22.2 Å². The first-order chi connectivity index (χ1) is 7.75. The number of aromatic nitrogens is 3. The number of imidazole rings is 1. The summed E-state index contributed by atoms with van der Waals surface area (Å²) in [6.45, 7) is 4.03. The molecule has 4 heteroatoms. The molecule has 2 aromatic heterocycles. The van der Waals surface area contributed by atoms with Gasteiger partial charge >= 0.3 is 0 Å². The maximum atomic E-state index is 4.53. The standard InChI is InChI=1S/C12H11N3S/c1-8-11(10-6-4-3-5-7-10)15-12(13-8)16-9(2)14-15/h3-7H,1-2H3. The molecule has 0 spiro atoms. The Kier molecular flexibility index (Phi) is 2.04. The van der Waals surface area contributed by atoms with E-state index in [1.54, 1.807) is 11.3 Å². The van der Waals surface area contributed by atoms with Gasteiger partial charge in [-0.3, -0.25) is 0 Å². The van der Waals surface area contributed by atoms with Crippen LogP contribution in [0.4, 0.5) is 0 Å². The van der Waals surface area contributed by atoms with Crippen LogP contribution in [0, 0.1) is 13.8 Å². The van der Waals surface area contributed by atoms with Crippen LogP contribution in [-0.4, -0.2) is 14.6 Å². The quantitative estimate of drug-likeness (QED) is 0.642. The highest BCUT2D eigenvalue weighted by molar-refractivity contribution is 7.16. The molecule has 1 aromatic carbocycles. The minimum Gasteiger partial charge on any atom is -0.222 e. The lowest BCUT2D eigenvalue weighted by atomic mass is 10.1. The second-order valence-corrected chi connectivity index (χ2v) is 4.89. The summed E-state index contributed by atoms with van der Waals surface area (Å²) in [5.41, 5.74) is 3.29. The smallest absolute Gasteiger partial charge is 0.212 e. The third-order valence-electron chi connectivity index (χ3n) is 2.53. The van der Waals surface area contributed by atoms with Crippen molar-refractivity contribution in [1.82, 2.24) is 14.6 Å². The van der Waals surface area contributed by atoms with Gasteiger partial charge in [-0.15, -0.1) is 0 Å². The van der Waals surface area contributed by atoms with Gasteiger partial charge in [0, 0.05) is 5.56 Å². The van der Waals surface area contributed by atoms with E-state index >= 15 is 0 Å². The van der Waals surface area contributed by atoms with Crippen molar-refractivity contribution in [1.29, 1.82) is 0 Å². The molecule has 3 nitrogen and oxygen atoms in total. The van der Waals surface area contributed by atoms with Gasteiger partial charge in [0.25, 0.3) is 0 Å². The van der Waals surface area contributed by atoms with Crippen molar-refractivity contribution in [2.45, 2.75) is 13.8 Å². The minimum absolute atomic E-state index is 0.967. The maximum absolute atomic E-state index is 4.53. The van der Waals surface area contributed by atoms with E-state index in [0.717, 1.165) is 26.9 Å². The van der Waals surface area contributed by atoms with E-state index in [4.69, 9.17) is 0 Å². The Morgan fingerprint density at radius 1 is 1.12 bits per heavy atom. The minimum atomic E-state index is 0.967. The fourth-order valence-corrected chi connectivity index (χ4v) is 2.66. The average molecular weight is 229 g/mol. The molecule has 0 N–H and O–H groups in total. The fourth-order valence-electron chi connectivity index (χ4n) is 1.87.